The van der Waals surface area contributed by atoms with Gasteiger partial charge < -0.3 is 4.90 Å². The van der Waals surface area contributed by atoms with Crippen molar-refractivity contribution in [2.24, 2.45) is 5.92 Å². The summed E-state index contributed by atoms with van der Waals surface area (Å²) in [4.78, 5) is 19.6. The zero-order valence-corrected chi connectivity index (χ0v) is 17.0. The lowest BCUT2D eigenvalue weighted by Gasteiger charge is -2.32. The molecule has 0 bridgehead atoms. The first-order valence-corrected chi connectivity index (χ1v) is 10.2. The van der Waals surface area contributed by atoms with Crippen LogP contribution in [0.15, 0.2) is 36.5 Å². The molecule has 4 rings (SSSR count). The van der Waals surface area contributed by atoms with Crippen molar-refractivity contribution in [2.75, 3.05) is 13.1 Å². The molecule has 1 fully saturated rings. The summed E-state index contributed by atoms with van der Waals surface area (Å²) in [7, 11) is 0. The Labute approximate surface area is 166 Å². The van der Waals surface area contributed by atoms with Crippen LogP contribution in [0.1, 0.15) is 52.1 Å². The second-order valence-corrected chi connectivity index (χ2v) is 8.09. The number of aromatic nitrogens is 3. The molecule has 1 amide bonds. The molecule has 0 radical (unpaired) electrons. The number of rotatable bonds is 4. The molecule has 0 aliphatic carbocycles. The highest BCUT2D eigenvalue weighted by Gasteiger charge is 2.26. The molecule has 0 atom stereocenters. The molecule has 3 aromatic rings. The molecule has 0 unspecified atom stereocenters. The first kappa shape index (κ1) is 18.7. The number of carbonyl (C=O) groups excluding carboxylic acids is 1. The Balaban J connectivity index is 1.37. The minimum absolute atomic E-state index is 0.0597. The second kappa shape index (κ2) is 7.74. The Bertz CT molecular complexity index is 982. The van der Waals surface area contributed by atoms with Crippen LogP contribution in [0, 0.1) is 26.7 Å². The summed E-state index contributed by atoms with van der Waals surface area (Å²) >= 11 is 0. The highest BCUT2D eigenvalue weighted by Crippen LogP contribution is 2.24. The van der Waals surface area contributed by atoms with E-state index in [0.717, 1.165) is 43.7 Å². The predicted octanol–water partition coefficient (Wildman–Crippen LogP) is 4.14. The maximum atomic E-state index is 13.0. The largest absolute Gasteiger partial charge is 0.338 e. The van der Waals surface area contributed by atoms with E-state index in [0.29, 0.717) is 17.1 Å². The van der Waals surface area contributed by atoms with Gasteiger partial charge in [-0.2, -0.15) is 5.10 Å². The number of hydrogen-bond donors (Lipinski definition) is 0. The number of hydrogen-bond acceptors (Lipinski definition) is 3. The summed E-state index contributed by atoms with van der Waals surface area (Å²) in [6.07, 6.45) is 6.13. The quantitative estimate of drug-likeness (QED) is 0.688. The zero-order chi connectivity index (χ0) is 19.7. The van der Waals surface area contributed by atoms with Gasteiger partial charge in [0.05, 0.1) is 6.20 Å². The monoisotopic (exact) mass is 376 g/mol. The summed E-state index contributed by atoms with van der Waals surface area (Å²) in [6, 6.07) is 10.8. The number of benzene rings is 1. The van der Waals surface area contributed by atoms with Crippen molar-refractivity contribution in [2.45, 2.75) is 46.5 Å². The van der Waals surface area contributed by atoms with Gasteiger partial charge in [-0.05, 0) is 64.0 Å². The predicted molar refractivity (Wildman–Crippen MR) is 111 cm³/mol. The van der Waals surface area contributed by atoms with Crippen molar-refractivity contribution in [3.05, 3.63) is 64.6 Å². The van der Waals surface area contributed by atoms with E-state index in [4.69, 9.17) is 0 Å². The van der Waals surface area contributed by atoms with E-state index in [1.165, 1.54) is 17.5 Å². The number of piperidine rings is 1. The molecule has 1 aromatic carbocycles. The van der Waals surface area contributed by atoms with Gasteiger partial charge in [-0.3, -0.25) is 4.79 Å². The van der Waals surface area contributed by atoms with Crippen molar-refractivity contribution in [1.29, 1.82) is 0 Å². The first-order chi connectivity index (χ1) is 13.5. The van der Waals surface area contributed by atoms with Crippen molar-refractivity contribution in [3.8, 4) is 0 Å². The number of amides is 1. The average Bonchev–Trinajstić information content (AvgIpc) is 3.11. The van der Waals surface area contributed by atoms with E-state index in [9.17, 15) is 4.79 Å². The highest BCUT2D eigenvalue weighted by molar-refractivity contribution is 5.99. The molecule has 1 saturated heterocycles. The summed E-state index contributed by atoms with van der Waals surface area (Å²) in [5, 5.41) is 4.37. The van der Waals surface area contributed by atoms with Gasteiger partial charge in [0.1, 0.15) is 5.56 Å². The normalized spacial score (nSPS) is 15.3. The van der Waals surface area contributed by atoms with E-state index in [-0.39, 0.29) is 5.91 Å². The van der Waals surface area contributed by atoms with Crippen LogP contribution in [0.4, 0.5) is 0 Å². The van der Waals surface area contributed by atoms with Crippen LogP contribution in [-0.2, 0) is 6.42 Å². The third kappa shape index (κ3) is 3.79. The minimum Gasteiger partial charge on any atom is -0.338 e. The molecule has 0 saturated carbocycles. The number of aryl methyl sites for hydroxylation is 4. The fourth-order valence-electron chi connectivity index (χ4n) is 4.14. The number of fused-ring (bicyclic) bond motifs is 1. The van der Waals surface area contributed by atoms with Crippen molar-refractivity contribution in [1.82, 2.24) is 19.5 Å². The van der Waals surface area contributed by atoms with Gasteiger partial charge in [0, 0.05) is 24.5 Å². The first-order valence-electron chi connectivity index (χ1n) is 10.2. The molecule has 0 spiro atoms. The standard InChI is InChI=1S/C23H28N4O/c1-16-4-6-19(7-5-16)8-9-20-10-12-26(13-11-20)23(28)21-15-24-27-18(3)14-17(2)25-22(21)27/h4-7,14-15,20H,8-13H2,1-3H3. The van der Waals surface area contributed by atoms with Crippen LogP contribution >= 0.6 is 0 Å². The SMILES string of the molecule is Cc1ccc(CCC2CCN(C(=O)c3cnn4c(C)cc(C)nc34)CC2)cc1. The molecule has 28 heavy (non-hydrogen) atoms. The van der Waals surface area contributed by atoms with E-state index >= 15 is 0 Å². The third-order valence-corrected chi connectivity index (χ3v) is 5.87. The van der Waals surface area contributed by atoms with Gasteiger partial charge in [0.15, 0.2) is 5.65 Å². The van der Waals surface area contributed by atoms with Crippen LogP contribution in [0.25, 0.3) is 5.65 Å². The Morgan fingerprint density at radius 2 is 1.82 bits per heavy atom. The Kier molecular flexibility index (Phi) is 5.16. The summed E-state index contributed by atoms with van der Waals surface area (Å²) in [6.45, 7) is 7.70. The van der Waals surface area contributed by atoms with E-state index in [1.807, 2.05) is 24.8 Å². The van der Waals surface area contributed by atoms with Gasteiger partial charge in [0.25, 0.3) is 5.91 Å². The molecule has 1 aliphatic rings. The average molecular weight is 377 g/mol. The van der Waals surface area contributed by atoms with Gasteiger partial charge in [0.2, 0.25) is 0 Å². The molecule has 5 nitrogen and oxygen atoms in total. The zero-order valence-electron chi connectivity index (χ0n) is 17.0. The fraction of sp³-hybridized carbons (Fsp3) is 0.435. The molecule has 1 aliphatic heterocycles. The third-order valence-electron chi connectivity index (χ3n) is 5.87. The molecular weight excluding hydrogens is 348 g/mol. The summed E-state index contributed by atoms with van der Waals surface area (Å²) in [5.74, 6) is 0.751. The van der Waals surface area contributed by atoms with Gasteiger partial charge in [-0.1, -0.05) is 29.8 Å². The highest BCUT2D eigenvalue weighted by atomic mass is 16.2. The van der Waals surface area contributed by atoms with Gasteiger partial charge >= 0.3 is 0 Å². The van der Waals surface area contributed by atoms with Crippen LogP contribution < -0.4 is 0 Å². The van der Waals surface area contributed by atoms with Crippen molar-refractivity contribution >= 4 is 11.6 Å². The maximum Gasteiger partial charge on any atom is 0.259 e. The van der Waals surface area contributed by atoms with E-state index < -0.39 is 0 Å². The smallest absolute Gasteiger partial charge is 0.259 e. The lowest BCUT2D eigenvalue weighted by molar-refractivity contribution is 0.0688. The number of nitrogens with zero attached hydrogens (tertiary/aromatic N) is 4. The minimum atomic E-state index is 0.0597. The summed E-state index contributed by atoms with van der Waals surface area (Å²) < 4.78 is 1.76. The van der Waals surface area contributed by atoms with Crippen LogP contribution in [0.2, 0.25) is 0 Å². The Morgan fingerprint density at radius 3 is 2.54 bits per heavy atom. The van der Waals surface area contributed by atoms with Crippen LogP contribution in [-0.4, -0.2) is 38.5 Å². The number of likely N-dealkylation sites (tertiary alicyclic amines) is 1. The van der Waals surface area contributed by atoms with E-state index in [2.05, 4.69) is 41.3 Å². The Hall–Kier alpha value is -2.69. The molecular formula is C23H28N4O. The lowest BCUT2D eigenvalue weighted by atomic mass is 9.90. The summed E-state index contributed by atoms with van der Waals surface area (Å²) in [5.41, 5.74) is 5.91. The molecule has 5 heteroatoms. The van der Waals surface area contributed by atoms with Crippen LogP contribution in [0.5, 0.6) is 0 Å². The van der Waals surface area contributed by atoms with Gasteiger partial charge in [-0.15, -0.1) is 0 Å². The number of carbonyl (C=O) groups is 1. The van der Waals surface area contributed by atoms with Crippen molar-refractivity contribution in [3.63, 3.8) is 0 Å². The molecule has 0 N–H and O–H groups in total. The second-order valence-electron chi connectivity index (χ2n) is 8.09. The molecule has 2 aromatic heterocycles. The van der Waals surface area contributed by atoms with Crippen LogP contribution in [0.3, 0.4) is 0 Å². The fourth-order valence-corrected chi connectivity index (χ4v) is 4.14. The van der Waals surface area contributed by atoms with E-state index in [1.54, 1.807) is 10.7 Å². The van der Waals surface area contributed by atoms with Crippen molar-refractivity contribution < 1.29 is 4.79 Å². The molecule has 146 valence electrons. The lowest BCUT2D eigenvalue weighted by Crippen LogP contribution is -2.38. The van der Waals surface area contributed by atoms with Gasteiger partial charge in [-0.25, -0.2) is 9.50 Å². The Morgan fingerprint density at radius 1 is 1.11 bits per heavy atom. The molecule has 3 heterocycles. The maximum absolute atomic E-state index is 13.0. The topological polar surface area (TPSA) is 50.5 Å².